The maximum atomic E-state index is 12.5. The topological polar surface area (TPSA) is 76.4 Å². The van der Waals surface area contributed by atoms with Gasteiger partial charge in [-0.15, -0.1) is 11.3 Å². The highest BCUT2D eigenvalue weighted by molar-refractivity contribution is 7.13. The van der Waals surface area contributed by atoms with Crippen LogP contribution >= 0.6 is 11.3 Å². The predicted octanol–water partition coefficient (Wildman–Crippen LogP) is 2.33. The molecule has 112 valence electrons. The monoisotopic (exact) mass is 314 g/mol. The van der Waals surface area contributed by atoms with Crippen LogP contribution < -0.4 is 10.9 Å². The number of carbonyl (C=O) groups excluding carboxylic acids is 1. The first-order chi connectivity index (χ1) is 10.5. The van der Waals surface area contributed by atoms with Crippen molar-refractivity contribution in [2.75, 3.05) is 5.32 Å². The fourth-order valence-electron chi connectivity index (χ4n) is 2.26. The quantitative estimate of drug-likeness (QED) is 0.787. The SMILES string of the molecule is Cc1nc(C)c(C(=O)Nc2c(C)nc3ccccn3c2=O)s1. The lowest BCUT2D eigenvalue weighted by atomic mass is 10.3. The molecule has 0 saturated heterocycles. The standard InChI is InChI=1S/C15H14N4O2S/c1-8-12(15(21)19-7-5-4-6-11(19)17-8)18-14(20)13-9(2)16-10(3)22-13/h4-7H,1-3H3,(H,18,20). The molecule has 3 aromatic heterocycles. The Bertz CT molecular complexity index is 942. The molecule has 7 heteroatoms. The molecule has 1 N–H and O–H groups in total. The van der Waals surface area contributed by atoms with Gasteiger partial charge in [0.1, 0.15) is 16.2 Å². The van der Waals surface area contributed by atoms with Crippen molar-refractivity contribution in [3.05, 3.63) is 56.0 Å². The number of rotatable bonds is 2. The first kappa shape index (κ1) is 14.4. The van der Waals surface area contributed by atoms with Gasteiger partial charge in [0.15, 0.2) is 0 Å². The Balaban J connectivity index is 2.06. The van der Waals surface area contributed by atoms with Crippen molar-refractivity contribution in [1.82, 2.24) is 14.4 Å². The molecule has 0 fully saturated rings. The molecule has 0 saturated carbocycles. The van der Waals surface area contributed by atoms with E-state index < -0.39 is 0 Å². The zero-order valence-corrected chi connectivity index (χ0v) is 13.2. The average molecular weight is 314 g/mol. The lowest BCUT2D eigenvalue weighted by Crippen LogP contribution is -2.24. The van der Waals surface area contributed by atoms with E-state index in [0.29, 0.717) is 21.9 Å². The summed E-state index contributed by atoms with van der Waals surface area (Å²) in [7, 11) is 0. The van der Waals surface area contributed by atoms with Gasteiger partial charge in [-0.25, -0.2) is 9.97 Å². The lowest BCUT2D eigenvalue weighted by Gasteiger charge is -2.08. The van der Waals surface area contributed by atoms with Crippen molar-refractivity contribution in [3.63, 3.8) is 0 Å². The van der Waals surface area contributed by atoms with Crippen molar-refractivity contribution in [3.8, 4) is 0 Å². The van der Waals surface area contributed by atoms with E-state index in [1.807, 2.05) is 13.0 Å². The van der Waals surface area contributed by atoms with Crippen LogP contribution in [0.15, 0.2) is 29.2 Å². The van der Waals surface area contributed by atoms with Gasteiger partial charge in [0.05, 0.1) is 16.4 Å². The summed E-state index contributed by atoms with van der Waals surface area (Å²) in [6.45, 7) is 5.32. The maximum Gasteiger partial charge on any atom is 0.281 e. The van der Waals surface area contributed by atoms with Crippen LogP contribution in [0, 0.1) is 20.8 Å². The van der Waals surface area contributed by atoms with Gasteiger partial charge >= 0.3 is 0 Å². The van der Waals surface area contributed by atoms with Crippen molar-refractivity contribution in [2.24, 2.45) is 0 Å². The predicted molar refractivity (Wildman–Crippen MR) is 85.7 cm³/mol. The highest BCUT2D eigenvalue weighted by atomic mass is 32.1. The molecule has 0 unspecified atom stereocenters. The molecule has 6 nitrogen and oxygen atoms in total. The van der Waals surface area contributed by atoms with Crippen LogP contribution in [0.1, 0.15) is 26.1 Å². The molecule has 22 heavy (non-hydrogen) atoms. The molecule has 3 heterocycles. The molecular formula is C15H14N4O2S. The summed E-state index contributed by atoms with van der Waals surface area (Å²) in [6, 6.07) is 5.30. The highest BCUT2D eigenvalue weighted by Crippen LogP contribution is 2.19. The fraction of sp³-hybridized carbons (Fsp3) is 0.200. The first-order valence-corrected chi connectivity index (χ1v) is 7.52. The third-order valence-electron chi connectivity index (χ3n) is 3.26. The molecule has 0 bridgehead atoms. The average Bonchev–Trinajstić information content (AvgIpc) is 2.82. The molecule has 0 aromatic carbocycles. The van der Waals surface area contributed by atoms with E-state index in [4.69, 9.17) is 0 Å². The zero-order valence-electron chi connectivity index (χ0n) is 12.4. The van der Waals surface area contributed by atoms with Crippen molar-refractivity contribution < 1.29 is 4.79 Å². The van der Waals surface area contributed by atoms with Crippen LogP contribution in [0.2, 0.25) is 0 Å². The van der Waals surface area contributed by atoms with E-state index in [1.165, 1.54) is 15.7 Å². The molecule has 0 aliphatic rings. The van der Waals surface area contributed by atoms with Gasteiger partial charge in [-0.1, -0.05) is 6.07 Å². The molecule has 3 rings (SSSR count). The molecule has 0 aliphatic carbocycles. The Kier molecular flexibility index (Phi) is 3.50. The van der Waals surface area contributed by atoms with E-state index in [1.54, 1.807) is 32.2 Å². The summed E-state index contributed by atoms with van der Waals surface area (Å²) in [6.07, 6.45) is 1.63. The van der Waals surface area contributed by atoms with Gasteiger partial charge in [-0.05, 0) is 32.9 Å². The summed E-state index contributed by atoms with van der Waals surface area (Å²) in [5, 5.41) is 3.49. The van der Waals surface area contributed by atoms with Crippen LogP contribution in [-0.2, 0) is 0 Å². The second-order valence-electron chi connectivity index (χ2n) is 4.91. The second-order valence-corrected chi connectivity index (χ2v) is 6.11. The molecule has 0 radical (unpaired) electrons. The number of nitrogens with zero attached hydrogens (tertiary/aromatic N) is 3. The van der Waals surface area contributed by atoms with Gasteiger partial charge in [-0.3, -0.25) is 14.0 Å². The Morgan fingerprint density at radius 2 is 1.95 bits per heavy atom. The second kappa shape index (κ2) is 5.34. The van der Waals surface area contributed by atoms with Crippen molar-refractivity contribution in [1.29, 1.82) is 0 Å². The van der Waals surface area contributed by atoms with Gasteiger partial charge in [0.25, 0.3) is 11.5 Å². The van der Waals surface area contributed by atoms with Gasteiger partial charge in [-0.2, -0.15) is 0 Å². The summed E-state index contributed by atoms with van der Waals surface area (Å²) >= 11 is 1.30. The van der Waals surface area contributed by atoms with Crippen LogP contribution in [0.5, 0.6) is 0 Å². The number of aryl methyl sites for hydroxylation is 3. The third kappa shape index (κ3) is 2.39. The van der Waals surface area contributed by atoms with Crippen LogP contribution in [0.3, 0.4) is 0 Å². The van der Waals surface area contributed by atoms with Gasteiger partial charge in [0, 0.05) is 6.20 Å². The lowest BCUT2D eigenvalue weighted by molar-refractivity contribution is 0.102. The van der Waals surface area contributed by atoms with Crippen molar-refractivity contribution >= 4 is 28.6 Å². The molecule has 0 atom stereocenters. The summed E-state index contributed by atoms with van der Waals surface area (Å²) in [5.74, 6) is -0.332. The zero-order chi connectivity index (χ0) is 15.9. The number of carbonyl (C=O) groups is 1. The fourth-order valence-corrected chi connectivity index (χ4v) is 3.07. The van der Waals surface area contributed by atoms with Gasteiger partial charge < -0.3 is 5.32 Å². The molecule has 1 amide bonds. The van der Waals surface area contributed by atoms with Crippen LogP contribution in [-0.4, -0.2) is 20.3 Å². The third-order valence-corrected chi connectivity index (χ3v) is 4.34. The van der Waals surface area contributed by atoms with E-state index in [-0.39, 0.29) is 17.2 Å². The van der Waals surface area contributed by atoms with Crippen molar-refractivity contribution in [2.45, 2.75) is 20.8 Å². The maximum absolute atomic E-state index is 12.5. The van der Waals surface area contributed by atoms with Crippen LogP contribution in [0.25, 0.3) is 5.65 Å². The Morgan fingerprint density at radius 3 is 2.64 bits per heavy atom. The van der Waals surface area contributed by atoms with Crippen LogP contribution in [0.4, 0.5) is 5.69 Å². The number of pyridine rings is 1. The first-order valence-electron chi connectivity index (χ1n) is 6.71. The summed E-state index contributed by atoms with van der Waals surface area (Å²) in [4.78, 5) is 34.0. The van der Waals surface area contributed by atoms with E-state index in [9.17, 15) is 9.59 Å². The summed E-state index contributed by atoms with van der Waals surface area (Å²) < 4.78 is 1.41. The molecule has 0 aliphatic heterocycles. The Hall–Kier alpha value is -2.54. The normalized spacial score (nSPS) is 10.9. The number of thiazole rings is 1. The molecule has 0 spiro atoms. The van der Waals surface area contributed by atoms with E-state index in [2.05, 4.69) is 15.3 Å². The molecular weight excluding hydrogens is 300 g/mol. The van der Waals surface area contributed by atoms with Gasteiger partial charge in [0.2, 0.25) is 0 Å². The van der Waals surface area contributed by atoms with E-state index in [0.717, 1.165) is 5.01 Å². The Labute approximate surface area is 130 Å². The molecule has 3 aromatic rings. The number of hydrogen-bond donors (Lipinski definition) is 1. The minimum absolute atomic E-state index is 0.194. The summed E-state index contributed by atoms with van der Waals surface area (Å²) in [5.41, 5.74) is 1.59. The number of amides is 1. The number of aromatic nitrogens is 3. The number of hydrogen-bond acceptors (Lipinski definition) is 5. The van der Waals surface area contributed by atoms with E-state index >= 15 is 0 Å². The minimum atomic E-state index is -0.332. The number of fused-ring (bicyclic) bond motifs is 1. The largest absolute Gasteiger partial charge is 0.315 e. The Morgan fingerprint density at radius 1 is 1.18 bits per heavy atom. The smallest absolute Gasteiger partial charge is 0.281 e. The number of anilines is 1. The minimum Gasteiger partial charge on any atom is -0.315 e. The highest BCUT2D eigenvalue weighted by Gasteiger charge is 2.17. The number of nitrogens with one attached hydrogen (secondary N) is 1.